The number of amides is 1. The van der Waals surface area contributed by atoms with E-state index in [4.69, 9.17) is 4.42 Å². The van der Waals surface area contributed by atoms with Crippen molar-refractivity contribution in [3.8, 4) is 5.75 Å². The Balaban J connectivity index is 1.67. The summed E-state index contributed by atoms with van der Waals surface area (Å²) in [6.07, 6.45) is 5.05. The van der Waals surface area contributed by atoms with Crippen LogP contribution in [0.2, 0.25) is 0 Å². The number of pyridine rings is 1. The smallest absolute Gasteiger partial charge is 0.289 e. The van der Waals surface area contributed by atoms with Crippen molar-refractivity contribution in [2.24, 2.45) is 5.92 Å². The molecule has 1 fully saturated rings. The zero-order valence-electron chi connectivity index (χ0n) is 14.8. The van der Waals surface area contributed by atoms with Crippen LogP contribution in [0.4, 0.5) is 0 Å². The van der Waals surface area contributed by atoms with Gasteiger partial charge in [0.2, 0.25) is 5.76 Å². The Bertz CT molecular complexity index is 960. The van der Waals surface area contributed by atoms with E-state index in [-0.39, 0.29) is 29.4 Å². The van der Waals surface area contributed by atoms with E-state index in [2.05, 4.69) is 15.3 Å². The lowest BCUT2D eigenvalue weighted by atomic mass is 9.93. The molecule has 1 aromatic carbocycles. The van der Waals surface area contributed by atoms with Crippen molar-refractivity contribution in [1.29, 1.82) is 0 Å². The Kier molecular flexibility index (Phi) is 4.11. The molecule has 2 heterocycles. The molecule has 0 radical (unpaired) electrons. The Morgan fingerprint density at radius 2 is 2.08 bits per heavy atom. The number of carbonyl (C=O) groups is 1. The van der Waals surface area contributed by atoms with Gasteiger partial charge in [0.1, 0.15) is 11.3 Å². The minimum Gasteiger partial charge on any atom is -0.505 e. The first-order valence-electron chi connectivity index (χ1n) is 8.87. The number of carbonyl (C=O) groups excluding carboxylic acids is 1. The number of hydrogen-bond donors (Lipinski definition) is 2. The highest BCUT2D eigenvalue weighted by atomic mass is 16.3. The summed E-state index contributed by atoms with van der Waals surface area (Å²) in [5, 5.41) is 14.6. The second-order valence-corrected chi connectivity index (χ2v) is 7.11. The molecule has 1 aliphatic rings. The second-order valence-electron chi connectivity index (χ2n) is 7.11. The molecular formula is C20H21N3O3. The predicted octanol–water partition coefficient (Wildman–Crippen LogP) is 3.93. The van der Waals surface area contributed by atoms with Crippen LogP contribution in [-0.2, 0) is 0 Å². The lowest BCUT2D eigenvalue weighted by molar-refractivity contribution is 0.0895. The van der Waals surface area contributed by atoms with Crippen LogP contribution in [0.5, 0.6) is 5.75 Å². The van der Waals surface area contributed by atoms with Crippen LogP contribution in [0.1, 0.15) is 60.5 Å². The van der Waals surface area contributed by atoms with Crippen molar-refractivity contribution in [2.75, 3.05) is 0 Å². The molecule has 134 valence electrons. The Morgan fingerprint density at radius 3 is 2.81 bits per heavy atom. The van der Waals surface area contributed by atoms with Crippen molar-refractivity contribution >= 4 is 16.8 Å². The van der Waals surface area contributed by atoms with E-state index in [1.54, 1.807) is 6.20 Å². The van der Waals surface area contributed by atoms with Crippen LogP contribution < -0.4 is 5.32 Å². The van der Waals surface area contributed by atoms with Crippen LogP contribution in [-0.4, -0.2) is 21.0 Å². The van der Waals surface area contributed by atoms with Gasteiger partial charge in [-0.1, -0.05) is 32.0 Å². The monoisotopic (exact) mass is 351 g/mol. The topological polar surface area (TPSA) is 88.3 Å². The molecule has 1 unspecified atom stereocenters. The third-order valence-electron chi connectivity index (χ3n) is 4.83. The Labute approximate surface area is 151 Å². The molecule has 0 bridgehead atoms. The van der Waals surface area contributed by atoms with Crippen molar-refractivity contribution in [3.05, 3.63) is 53.9 Å². The first-order chi connectivity index (χ1) is 12.6. The first-order valence-corrected chi connectivity index (χ1v) is 8.87. The molecule has 0 spiro atoms. The summed E-state index contributed by atoms with van der Waals surface area (Å²) in [5.74, 6) is 0.464. The summed E-state index contributed by atoms with van der Waals surface area (Å²) in [5.41, 5.74) is 1.91. The number of nitrogens with one attached hydrogen (secondary N) is 1. The van der Waals surface area contributed by atoms with Gasteiger partial charge >= 0.3 is 0 Å². The average molecular weight is 351 g/mol. The normalized spacial score (nSPS) is 15.3. The van der Waals surface area contributed by atoms with Gasteiger partial charge in [0.15, 0.2) is 6.39 Å². The molecule has 6 heteroatoms. The third kappa shape index (κ3) is 2.92. The summed E-state index contributed by atoms with van der Waals surface area (Å²) in [7, 11) is 0. The fourth-order valence-corrected chi connectivity index (χ4v) is 3.28. The van der Waals surface area contributed by atoms with Gasteiger partial charge in [0, 0.05) is 23.1 Å². The molecular weight excluding hydrogens is 330 g/mol. The number of fused-ring (bicyclic) bond motifs is 1. The van der Waals surface area contributed by atoms with Crippen molar-refractivity contribution in [2.45, 2.75) is 38.6 Å². The highest BCUT2D eigenvalue weighted by Crippen LogP contribution is 2.41. The average Bonchev–Trinajstić information content (AvgIpc) is 3.36. The van der Waals surface area contributed by atoms with E-state index in [9.17, 15) is 9.90 Å². The number of hydrogen-bond acceptors (Lipinski definition) is 5. The number of aromatic hydroxyl groups is 1. The van der Waals surface area contributed by atoms with Gasteiger partial charge in [-0.3, -0.25) is 9.78 Å². The highest BCUT2D eigenvalue weighted by Gasteiger charge is 2.33. The maximum Gasteiger partial charge on any atom is 0.289 e. The first kappa shape index (κ1) is 16.6. The van der Waals surface area contributed by atoms with Gasteiger partial charge in [0.05, 0.1) is 11.7 Å². The molecule has 2 aromatic heterocycles. The van der Waals surface area contributed by atoms with Crippen molar-refractivity contribution < 1.29 is 14.3 Å². The maximum absolute atomic E-state index is 12.8. The fraction of sp³-hybridized carbons (Fsp3) is 0.350. The maximum atomic E-state index is 12.8. The standard InChI is InChI=1S/C20H21N3O3/c1-11(2)15(14-8-7-12-4-3-9-21-16(12)18(14)24)23-20(25)19-17(13-5-6-13)22-10-26-19/h3-4,7-11,13,15,24H,5-6H2,1-2H3,(H,23,25). The summed E-state index contributed by atoms with van der Waals surface area (Å²) < 4.78 is 5.35. The molecule has 3 aromatic rings. The number of phenolic OH excluding ortho intramolecular Hbond substituents is 1. The lowest BCUT2D eigenvalue weighted by Crippen LogP contribution is -2.32. The molecule has 2 N–H and O–H groups in total. The van der Waals surface area contributed by atoms with Crippen LogP contribution in [0.3, 0.4) is 0 Å². The van der Waals surface area contributed by atoms with E-state index >= 15 is 0 Å². The number of phenols is 1. The van der Waals surface area contributed by atoms with E-state index in [1.165, 1.54) is 6.39 Å². The molecule has 1 atom stereocenters. The SMILES string of the molecule is CC(C)C(NC(=O)c1ocnc1C1CC1)c1ccc2cccnc2c1O. The number of benzene rings is 1. The number of nitrogens with zero attached hydrogens (tertiary/aromatic N) is 2. The minimum atomic E-state index is -0.369. The number of oxazole rings is 1. The van der Waals surface area contributed by atoms with E-state index < -0.39 is 0 Å². The molecule has 26 heavy (non-hydrogen) atoms. The van der Waals surface area contributed by atoms with Crippen LogP contribution in [0, 0.1) is 5.92 Å². The van der Waals surface area contributed by atoms with E-state index in [0.717, 1.165) is 23.9 Å². The van der Waals surface area contributed by atoms with Gasteiger partial charge in [0.25, 0.3) is 5.91 Å². The van der Waals surface area contributed by atoms with Gasteiger partial charge in [-0.25, -0.2) is 4.98 Å². The van der Waals surface area contributed by atoms with Gasteiger partial charge in [-0.2, -0.15) is 0 Å². The van der Waals surface area contributed by atoms with Gasteiger partial charge in [-0.05, 0) is 24.8 Å². The molecule has 1 aliphatic carbocycles. The second kappa shape index (κ2) is 6.44. The van der Waals surface area contributed by atoms with E-state index in [0.29, 0.717) is 17.0 Å². The Hall–Kier alpha value is -2.89. The third-order valence-corrected chi connectivity index (χ3v) is 4.83. The van der Waals surface area contributed by atoms with Gasteiger partial charge < -0.3 is 14.8 Å². The molecule has 0 saturated heterocycles. The minimum absolute atomic E-state index is 0.0679. The summed E-state index contributed by atoms with van der Waals surface area (Å²) >= 11 is 0. The molecule has 1 saturated carbocycles. The largest absolute Gasteiger partial charge is 0.505 e. The summed E-state index contributed by atoms with van der Waals surface area (Å²) in [6, 6.07) is 7.10. The molecule has 0 aliphatic heterocycles. The van der Waals surface area contributed by atoms with Crippen LogP contribution in [0.15, 0.2) is 41.3 Å². The zero-order valence-corrected chi connectivity index (χ0v) is 14.8. The quantitative estimate of drug-likeness (QED) is 0.727. The predicted molar refractivity (Wildman–Crippen MR) is 96.9 cm³/mol. The highest BCUT2D eigenvalue weighted by molar-refractivity contribution is 5.93. The van der Waals surface area contributed by atoms with Crippen LogP contribution >= 0.6 is 0 Å². The lowest BCUT2D eigenvalue weighted by Gasteiger charge is -2.23. The van der Waals surface area contributed by atoms with Crippen LogP contribution in [0.25, 0.3) is 10.9 Å². The Morgan fingerprint density at radius 1 is 1.27 bits per heavy atom. The summed E-state index contributed by atoms with van der Waals surface area (Å²) in [6.45, 7) is 3.99. The molecule has 6 nitrogen and oxygen atoms in total. The summed E-state index contributed by atoms with van der Waals surface area (Å²) in [4.78, 5) is 21.2. The number of aromatic nitrogens is 2. The molecule has 4 rings (SSSR count). The van der Waals surface area contributed by atoms with E-state index in [1.807, 2.05) is 38.1 Å². The zero-order chi connectivity index (χ0) is 18.3. The van der Waals surface area contributed by atoms with Gasteiger partial charge in [-0.15, -0.1) is 0 Å². The molecule has 1 amide bonds. The fourth-order valence-electron chi connectivity index (χ4n) is 3.28. The number of rotatable bonds is 5. The van der Waals surface area contributed by atoms with Crippen molar-refractivity contribution in [1.82, 2.24) is 15.3 Å². The van der Waals surface area contributed by atoms with Crippen molar-refractivity contribution in [3.63, 3.8) is 0 Å².